The topological polar surface area (TPSA) is 91.0 Å². The van der Waals surface area contributed by atoms with Crippen molar-refractivity contribution in [2.24, 2.45) is 0 Å². The molecule has 0 spiro atoms. The molecule has 8 nitrogen and oxygen atoms in total. The molecule has 0 atom stereocenters. The number of nitrogens with zero attached hydrogens (tertiary/aromatic N) is 4. The van der Waals surface area contributed by atoms with Gasteiger partial charge in [-0.05, 0) is 37.3 Å². The number of aromatic nitrogens is 4. The molecule has 5 rings (SSSR count). The summed E-state index contributed by atoms with van der Waals surface area (Å²) in [6.45, 7) is 1.76. The summed E-state index contributed by atoms with van der Waals surface area (Å²) >= 11 is 0. The quantitative estimate of drug-likeness (QED) is 0.356. The third kappa shape index (κ3) is 5.18. The lowest BCUT2D eigenvalue weighted by Gasteiger charge is -2.10. The van der Waals surface area contributed by atoms with Crippen LogP contribution in [0, 0.1) is 6.92 Å². The second-order valence-electron chi connectivity index (χ2n) is 8.49. The molecule has 0 aliphatic carbocycles. The number of para-hydroxylation sites is 1. The highest BCUT2D eigenvalue weighted by atomic mass is 16.5. The van der Waals surface area contributed by atoms with Crippen molar-refractivity contribution >= 4 is 11.7 Å². The van der Waals surface area contributed by atoms with Crippen molar-refractivity contribution in [3.8, 4) is 34.0 Å². The Bertz CT molecular complexity index is 1610. The van der Waals surface area contributed by atoms with Crippen LogP contribution in [0.3, 0.4) is 0 Å². The van der Waals surface area contributed by atoms with Gasteiger partial charge >= 0.3 is 0 Å². The summed E-state index contributed by atoms with van der Waals surface area (Å²) in [6, 6.07) is 29.7. The molecule has 0 aliphatic rings. The van der Waals surface area contributed by atoms with Gasteiger partial charge in [0.15, 0.2) is 0 Å². The van der Waals surface area contributed by atoms with E-state index in [9.17, 15) is 9.59 Å². The standard InChI is InChI=1S/C29H25N5O3/c1-20-12-14-22(15-13-20)34-27(18-25(32-34)23-10-6-7-11-26(23)37-2)30-28(35)19-33-29(36)17-16-24(31-33)21-8-4-3-5-9-21/h3-18H,19H2,1-2H3,(H,30,35). The summed E-state index contributed by atoms with van der Waals surface area (Å²) in [4.78, 5) is 25.6. The molecule has 0 saturated heterocycles. The minimum absolute atomic E-state index is 0.247. The van der Waals surface area contributed by atoms with Gasteiger partial charge in [-0.15, -0.1) is 0 Å². The summed E-state index contributed by atoms with van der Waals surface area (Å²) in [5, 5.41) is 12.1. The molecule has 184 valence electrons. The Morgan fingerprint density at radius 2 is 1.59 bits per heavy atom. The number of hydrogen-bond acceptors (Lipinski definition) is 5. The van der Waals surface area contributed by atoms with Crippen molar-refractivity contribution in [2.75, 3.05) is 12.4 Å². The molecule has 0 saturated carbocycles. The highest BCUT2D eigenvalue weighted by molar-refractivity contribution is 5.91. The zero-order chi connectivity index (χ0) is 25.8. The Balaban J connectivity index is 1.47. The second kappa shape index (κ2) is 10.3. The van der Waals surface area contributed by atoms with E-state index in [1.165, 1.54) is 6.07 Å². The minimum atomic E-state index is -0.403. The number of ether oxygens (including phenoxy) is 1. The molecular formula is C29H25N5O3. The number of anilines is 1. The van der Waals surface area contributed by atoms with Crippen LogP contribution in [0.2, 0.25) is 0 Å². The Morgan fingerprint density at radius 1 is 0.865 bits per heavy atom. The molecule has 0 fully saturated rings. The van der Waals surface area contributed by atoms with Crippen molar-refractivity contribution in [3.63, 3.8) is 0 Å². The Hall–Kier alpha value is -4.98. The number of methoxy groups -OCH3 is 1. The first kappa shape index (κ1) is 23.7. The van der Waals surface area contributed by atoms with Gasteiger partial charge < -0.3 is 10.1 Å². The van der Waals surface area contributed by atoms with Gasteiger partial charge in [-0.3, -0.25) is 9.59 Å². The van der Waals surface area contributed by atoms with Crippen molar-refractivity contribution in [2.45, 2.75) is 13.5 Å². The van der Waals surface area contributed by atoms with E-state index in [0.29, 0.717) is 23.0 Å². The first-order valence-corrected chi connectivity index (χ1v) is 11.8. The van der Waals surface area contributed by atoms with E-state index in [-0.39, 0.29) is 12.1 Å². The van der Waals surface area contributed by atoms with E-state index < -0.39 is 5.91 Å². The van der Waals surface area contributed by atoms with Crippen LogP contribution in [0.1, 0.15) is 5.56 Å². The first-order chi connectivity index (χ1) is 18.0. The third-order valence-electron chi connectivity index (χ3n) is 5.87. The summed E-state index contributed by atoms with van der Waals surface area (Å²) in [6.07, 6.45) is 0. The average molecular weight is 492 g/mol. The highest BCUT2D eigenvalue weighted by Gasteiger charge is 2.17. The van der Waals surface area contributed by atoms with Crippen molar-refractivity contribution < 1.29 is 9.53 Å². The van der Waals surface area contributed by atoms with Gasteiger partial charge in [0.25, 0.3) is 5.56 Å². The fourth-order valence-electron chi connectivity index (χ4n) is 3.98. The van der Waals surface area contributed by atoms with Crippen LogP contribution in [0.25, 0.3) is 28.2 Å². The van der Waals surface area contributed by atoms with Crippen LogP contribution in [0.5, 0.6) is 5.75 Å². The van der Waals surface area contributed by atoms with Gasteiger partial charge in [0, 0.05) is 23.3 Å². The lowest BCUT2D eigenvalue weighted by atomic mass is 10.1. The first-order valence-electron chi connectivity index (χ1n) is 11.8. The molecule has 37 heavy (non-hydrogen) atoms. The smallest absolute Gasteiger partial charge is 0.267 e. The fraction of sp³-hybridized carbons (Fsp3) is 0.103. The van der Waals surface area contributed by atoms with Crippen LogP contribution in [0.15, 0.2) is 102 Å². The molecule has 2 aromatic heterocycles. The SMILES string of the molecule is COc1ccccc1-c1cc(NC(=O)Cn2nc(-c3ccccc3)ccc2=O)n(-c2ccc(C)cc2)n1. The summed E-state index contributed by atoms with van der Waals surface area (Å²) in [5.41, 5.74) is 4.41. The maximum Gasteiger partial charge on any atom is 0.267 e. The summed E-state index contributed by atoms with van der Waals surface area (Å²) in [7, 11) is 1.60. The van der Waals surface area contributed by atoms with Crippen LogP contribution in [-0.2, 0) is 11.3 Å². The molecule has 0 aliphatic heterocycles. The lowest BCUT2D eigenvalue weighted by Crippen LogP contribution is -2.29. The molecule has 0 unspecified atom stereocenters. The van der Waals surface area contributed by atoms with Gasteiger partial charge in [0.1, 0.15) is 18.1 Å². The second-order valence-corrected chi connectivity index (χ2v) is 8.49. The number of hydrogen-bond donors (Lipinski definition) is 1. The monoisotopic (exact) mass is 491 g/mol. The maximum atomic E-state index is 13.1. The van der Waals surface area contributed by atoms with Crippen LogP contribution < -0.4 is 15.6 Å². The zero-order valence-electron chi connectivity index (χ0n) is 20.5. The van der Waals surface area contributed by atoms with E-state index in [2.05, 4.69) is 10.4 Å². The Morgan fingerprint density at radius 3 is 2.35 bits per heavy atom. The predicted octanol–water partition coefficient (Wildman–Crippen LogP) is 4.72. The van der Waals surface area contributed by atoms with Gasteiger partial charge in [-0.25, -0.2) is 9.36 Å². The summed E-state index contributed by atoms with van der Waals surface area (Å²) in [5.74, 6) is 0.726. The lowest BCUT2D eigenvalue weighted by molar-refractivity contribution is -0.117. The van der Waals surface area contributed by atoms with Gasteiger partial charge in [0.2, 0.25) is 5.91 Å². The molecule has 3 aromatic carbocycles. The van der Waals surface area contributed by atoms with E-state index in [1.807, 2.05) is 85.8 Å². The van der Waals surface area contributed by atoms with Crippen molar-refractivity contribution in [3.05, 3.63) is 113 Å². The Labute approximate surface area is 213 Å². The molecule has 0 bridgehead atoms. The van der Waals surface area contributed by atoms with Crippen molar-refractivity contribution in [1.82, 2.24) is 19.6 Å². The number of aryl methyl sites for hydroxylation is 1. The fourth-order valence-corrected chi connectivity index (χ4v) is 3.98. The number of benzene rings is 3. The maximum absolute atomic E-state index is 13.1. The number of nitrogens with one attached hydrogen (secondary N) is 1. The average Bonchev–Trinajstić information content (AvgIpc) is 3.34. The summed E-state index contributed by atoms with van der Waals surface area (Å²) < 4.78 is 8.33. The molecule has 8 heteroatoms. The van der Waals surface area contributed by atoms with Gasteiger partial charge in [-0.2, -0.15) is 10.2 Å². The van der Waals surface area contributed by atoms with Gasteiger partial charge in [-0.1, -0.05) is 60.2 Å². The molecular weight excluding hydrogens is 466 g/mol. The number of carbonyl (C=O) groups excluding carboxylic acids is 1. The molecule has 1 amide bonds. The van der Waals surface area contributed by atoms with E-state index in [1.54, 1.807) is 23.9 Å². The normalized spacial score (nSPS) is 10.8. The molecule has 0 radical (unpaired) electrons. The molecule has 1 N–H and O–H groups in total. The molecule has 5 aromatic rings. The molecule has 2 heterocycles. The van der Waals surface area contributed by atoms with Crippen LogP contribution in [-0.4, -0.2) is 32.6 Å². The number of carbonyl (C=O) groups is 1. The minimum Gasteiger partial charge on any atom is -0.496 e. The van der Waals surface area contributed by atoms with Crippen LogP contribution >= 0.6 is 0 Å². The van der Waals surface area contributed by atoms with Gasteiger partial charge in [0.05, 0.1) is 24.2 Å². The predicted molar refractivity (Wildman–Crippen MR) is 143 cm³/mol. The van der Waals surface area contributed by atoms with Crippen molar-refractivity contribution in [1.29, 1.82) is 0 Å². The van der Waals surface area contributed by atoms with E-state index >= 15 is 0 Å². The largest absolute Gasteiger partial charge is 0.496 e. The number of rotatable bonds is 7. The van der Waals surface area contributed by atoms with E-state index in [4.69, 9.17) is 9.84 Å². The van der Waals surface area contributed by atoms with E-state index in [0.717, 1.165) is 27.1 Å². The third-order valence-corrected chi connectivity index (χ3v) is 5.87. The Kier molecular flexibility index (Phi) is 6.63. The van der Waals surface area contributed by atoms with Crippen LogP contribution in [0.4, 0.5) is 5.82 Å². The highest BCUT2D eigenvalue weighted by Crippen LogP contribution is 2.31. The number of amides is 1. The zero-order valence-corrected chi connectivity index (χ0v) is 20.5.